The first kappa shape index (κ1) is 22.5. The van der Waals surface area contributed by atoms with Gasteiger partial charge in [-0.2, -0.15) is 0 Å². The lowest BCUT2D eigenvalue weighted by Crippen LogP contribution is -2.26. The Bertz CT molecular complexity index is 947. The van der Waals surface area contributed by atoms with Gasteiger partial charge in [-0.3, -0.25) is 0 Å². The fraction of sp³-hybridized carbons (Fsp3) is 0.280. The van der Waals surface area contributed by atoms with Gasteiger partial charge in [0.1, 0.15) is 6.61 Å². The predicted octanol–water partition coefficient (Wildman–Crippen LogP) is 6.69. The van der Waals surface area contributed by atoms with Crippen LogP contribution in [0.25, 0.3) is 0 Å². The first-order valence-corrected chi connectivity index (χ1v) is 10.8. The first-order valence-electron chi connectivity index (χ1n) is 10.1. The Morgan fingerprint density at radius 2 is 1.67 bits per heavy atom. The van der Waals surface area contributed by atoms with Crippen LogP contribution in [0, 0.1) is 0 Å². The van der Waals surface area contributed by atoms with Gasteiger partial charge in [0, 0.05) is 17.6 Å². The van der Waals surface area contributed by atoms with Crippen molar-refractivity contribution in [3.8, 4) is 11.5 Å². The number of methoxy groups -OCH3 is 1. The van der Waals surface area contributed by atoms with E-state index >= 15 is 0 Å². The maximum atomic E-state index is 6.51. The topological polar surface area (TPSA) is 30.5 Å². The van der Waals surface area contributed by atoms with Crippen molar-refractivity contribution in [2.24, 2.45) is 0 Å². The van der Waals surface area contributed by atoms with Crippen molar-refractivity contribution in [3.63, 3.8) is 0 Å². The molecule has 30 heavy (non-hydrogen) atoms. The third-order valence-corrected chi connectivity index (χ3v) is 5.44. The highest BCUT2D eigenvalue weighted by Gasteiger charge is 2.13. The van der Waals surface area contributed by atoms with Gasteiger partial charge in [0.25, 0.3) is 0 Å². The van der Waals surface area contributed by atoms with Gasteiger partial charge in [-0.25, -0.2) is 0 Å². The van der Waals surface area contributed by atoms with Gasteiger partial charge in [-0.1, -0.05) is 65.7 Å². The van der Waals surface area contributed by atoms with E-state index in [2.05, 4.69) is 36.5 Å². The molecule has 0 radical (unpaired) electrons. The number of aryl methyl sites for hydroxylation is 1. The Morgan fingerprint density at radius 1 is 0.900 bits per heavy atom. The molecule has 3 nitrogen and oxygen atoms in total. The summed E-state index contributed by atoms with van der Waals surface area (Å²) in [6.07, 6.45) is 2.12. The molecule has 0 aliphatic rings. The minimum Gasteiger partial charge on any atom is -0.493 e. The monoisotopic (exact) mass is 443 g/mol. The van der Waals surface area contributed by atoms with E-state index in [1.54, 1.807) is 7.11 Å². The number of hydrogen-bond donors (Lipinski definition) is 1. The predicted molar refractivity (Wildman–Crippen MR) is 125 cm³/mol. The van der Waals surface area contributed by atoms with E-state index in [0.29, 0.717) is 40.7 Å². The number of benzene rings is 3. The van der Waals surface area contributed by atoms with Gasteiger partial charge in [0.15, 0.2) is 11.5 Å². The van der Waals surface area contributed by atoms with Crippen LogP contribution in [0.15, 0.2) is 66.7 Å². The Balaban J connectivity index is 1.57. The van der Waals surface area contributed by atoms with Gasteiger partial charge in [-0.15, -0.1) is 0 Å². The van der Waals surface area contributed by atoms with E-state index in [0.717, 1.165) is 24.0 Å². The Kier molecular flexibility index (Phi) is 8.44. The third-order valence-electron chi connectivity index (χ3n) is 4.92. The summed E-state index contributed by atoms with van der Waals surface area (Å²) in [4.78, 5) is 0. The SMILES string of the molecule is COc1cc(CN[C@H](C)CCc2ccccc2)cc(Cl)c1OCc1cccc(Cl)c1. The normalized spacial score (nSPS) is 11.9. The quantitative estimate of drug-likeness (QED) is 0.378. The van der Waals surface area contributed by atoms with Crippen molar-refractivity contribution >= 4 is 23.2 Å². The van der Waals surface area contributed by atoms with Gasteiger partial charge in [0.2, 0.25) is 0 Å². The molecule has 0 saturated heterocycles. The maximum Gasteiger partial charge on any atom is 0.180 e. The lowest BCUT2D eigenvalue weighted by molar-refractivity contribution is 0.284. The number of nitrogens with one attached hydrogen (secondary N) is 1. The highest BCUT2D eigenvalue weighted by molar-refractivity contribution is 6.32. The van der Waals surface area contributed by atoms with Crippen molar-refractivity contribution in [3.05, 3.63) is 93.5 Å². The summed E-state index contributed by atoms with van der Waals surface area (Å²) in [5.41, 5.74) is 3.38. The smallest absolute Gasteiger partial charge is 0.180 e. The van der Waals surface area contributed by atoms with Gasteiger partial charge in [-0.05, 0) is 60.7 Å². The molecule has 3 rings (SSSR count). The van der Waals surface area contributed by atoms with E-state index in [1.807, 2.05) is 42.5 Å². The van der Waals surface area contributed by atoms with E-state index in [4.69, 9.17) is 32.7 Å². The fourth-order valence-electron chi connectivity index (χ4n) is 3.22. The van der Waals surface area contributed by atoms with E-state index in [1.165, 1.54) is 5.56 Å². The summed E-state index contributed by atoms with van der Waals surface area (Å²) >= 11 is 12.5. The number of halogens is 2. The van der Waals surface area contributed by atoms with Crippen molar-refractivity contribution < 1.29 is 9.47 Å². The molecule has 1 atom stereocenters. The molecule has 3 aromatic carbocycles. The standard InChI is InChI=1S/C25H27Cl2NO2/c1-18(11-12-19-7-4-3-5-8-19)28-16-21-14-23(27)25(24(15-21)29-2)30-17-20-9-6-10-22(26)13-20/h3-10,13-15,18,28H,11-12,16-17H2,1-2H3/t18-/m1/s1. The highest BCUT2D eigenvalue weighted by atomic mass is 35.5. The molecule has 0 fully saturated rings. The molecule has 5 heteroatoms. The second-order valence-corrected chi connectivity index (χ2v) is 8.18. The number of hydrogen-bond acceptors (Lipinski definition) is 3. The first-order chi connectivity index (χ1) is 14.5. The average Bonchev–Trinajstić information content (AvgIpc) is 2.76. The Morgan fingerprint density at radius 3 is 2.40 bits per heavy atom. The molecular formula is C25H27Cl2NO2. The van der Waals surface area contributed by atoms with E-state index in [9.17, 15) is 0 Å². The van der Waals surface area contributed by atoms with Crippen LogP contribution in [0.5, 0.6) is 11.5 Å². The zero-order valence-corrected chi connectivity index (χ0v) is 18.8. The molecule has 158 valence electrons. The van der Waals surface area contributed by atoms with E-state index < -0.39 is 0 Å². The van der Waals surface area contributed by atoms with Gasteiger partial charge < -0.3 is 14.8 Å². The molecule has 0 aliphatic heterocycles. The second kappa shape index (κ2) is 11.3. The molecule has 0 aromatic heterocycles. The molecule has 0 saturated carbocycles. The largest absolute Gasteiger partial charge is 0.493 e. The van der Waals surface area contributed by atoms with Crippen LogP contribution in [0.3, 0.4) is 0 Å². The minimum atomic E-state index is 0.366. The summed E-state index contributed by atoms with van der Waals surface area (Å²) in [5, 5.41) is 4.77. The number of ether oxygens (including phenoxy) is 2. The lowest BCUT2D eigenvalue weighted by Gasteiger charge is -2.17. The molecule has 0 amide bonds. The van der Waals surface area contributed by atoms with Crippen LogP contribution in [0.2, 0.25) is 10.0 Å². The van der Waals surface area contributed by atoms with Crippen LogP contribution in [-0.4, -0.2) is 13.2 Å². The molecule has 0 aliphatic carbocycles. The van der Waals surface area contributed by atoms with Crippen LogP contribution in [0.1, 0.15) is 30.0 Å². The molecule has 3 aromatic rings. The molecule has 0 spiro atoms. The molecule has 0 bridgehead atoms. The highest BCUT2D eigenvalue weighted by Crippen LogP contribution is 2.37. The van der Waals surface area contributed by atoms with Crippen molar-refractivity contribution in [1.29, 1.82) is 0 Å². The molecular weight excluding hydrogens is 417 g/mol. The van der Waals surface area contributed by atoms with Crippen molar-refractivity contribution in [2.75, 3.05) is 7.11 Å². The summed E-state index contributed by atoms with van der Waals surface area (Å²) < 4.78 is 11.5. The summed E-state index contributed by atoms with van der Waals surface area (Å²) in [7, 11) is 1.62. The van der Waals surface area contributed by atoms with Crippen LogP contribution in [0.4, 0.5) is 0 Å². The average molecular weight is 444 g/mol. The molecule has 1 N–H and O–H groups in total. The molecule has 0 unspecified atom stereocenters. The van der Waals surface area contributed by atoms with Crippen molar-refractivity contribution in [2.45, 2.75) is 39.0 Å². The van der Waals surface area contributed by atoms with Crippen molar-refractivity contribution in [1.82, 2.24) is 5.32 Å². The zero-order valence-electron chi connectivity index (χ0n) is 17.3. The van der Waals surface area contributed by atoms with Gasteiger partial charge >= 0.3 is 0 Å². The summed E-state index contributed by atoms with van der Waals surface area (Å²) in [5.74, 6) is 1.17. The maximum absolute atomic E-state index is 6.51. The third kappa shape index (κ3) is 6.66. The fourth-order valence-corrected chi connectivity index (χ4v) is 3.72. The van der Waals surface area contributed by atoms with Crippen LogP contribution < -0.4 is 14.8 Å². The van der Waals surface area contributed by atoms with Gasteiger partial charge in [0.05, 0.1) is 12.1 Å². The number of rotatable bonds is 10. The minimum absolute atomic E-state index is 0.366. The lowest BCUT2D eigenvalue weighted by atomic mass is 10.1. The summed E-state index contributed by atoms with van der Waals surface area (Å²) in [6, 6.07) is 22.4. The summed E-state index contributed by atoms with van der Waals surface area (Å²) in [6.45, 7) is 3.27. The van der Waals surface area contributed by atoms with Crippen LogP contribution >= 0.6 is 23.2 Å². The molecule has 0 heterocycles. The Labute approximate surface area is 188 Å². The second-order valence-electron chi connectivity index (χ2n) is 7.33. The Hall–Kier alpha value is -2.20. The zero-order chi connectivity index (χ0) is 21.3. The van der Waals surface area contributed by atoms with Crippen LogP contribution in [-0.2, 0) is 19.6 Å². The van der Waals surface area contributed by atoms with E-state index in [-0.39, 0.29) is 0 Å².